The minimum atomic E-state index is -5.97. The normalized spacial score (nSPS) is 13.7. The molecule has 1 unspecified atom stereocenters. The molecule has 0 aromatic heterocycles. The second-order valence-electron chi connectivity index (χ2n) is 8.28. The van der Waals surface area contributed by atoms with Crippen LogP contribution in [0, 0.1) is 0 Å². The number of benzene rings is 3. The van der Waals surface area contributed by atoms with E-state index in [1.807, 2.05) is 0 Å². The second kappa shape index (κ2) is 11.7. The van der Waals surface area contributed by atoms with E-state index in [0.717, 1.165) is 30.3 Å². The smallest absolute Gasteiger partial charge is 0.454 e. The maximum absolute atomic E-state index is 13.9. The van der Waals surface area contributed by atoms with Gasteiger partial charge in [0.25, 0.3) is 0 Å². The Morgan fingerprint density at radius 1 is 0.775 bits per heavy atom. The van der Waals surface area contributed by atoms with E-state index in [0.29, 0.717) is 17.0 Å². The van der Waals surface area contributed by atoms with Crippen molar-refractivity contribution >= 4 is 17.4 Å². The topological polar surface area (TPSA) is 32.7 Å². The summed E-state index contributed by atoms with van der Waals surface area (Å²) in [7, 11) is 0. The van der Waals surface area contributed by atoms with Crippen LogP contribution in [-0.2, 0) is 12.5 Å². The van der Waals surface area contributed by atoms with Crippen LogP contribution in [0.2, 0.25) is 0 Å². The first-order valence-electron chi connectivity index (χ1n) is 11.0. The van der Waals surface area contributed by atoms with E-state index in [1.54, 1.807) is 6.07 Å². The molecule has 0 heterocycles. The molecule has 40 heavy (non-hydrogen) atoms. The summed E-state index contributed by atoms with van der Waals surface area (Å²) in [6.45, 7) is -2.14. The van der Waals surface area contributed by atoms with Crippen molar-refractivity contribution in [1.29, 1.82) is 0 Å². The van der Waals surface area contributed by atoms with Gasteiger partial charge in [-0.3, -0.25) is 0 Å². The number of hydrogen-bond acceptors (Lipinski definition) is 4. The summed E-state index contributed by atoms with van der Waals surface area (Å²) in [6.07, 6.45) is -14.3. The van der Waals surface area contributed by atoms with Crippen LogP contribution in [-0.4, -0.2) is 35.6 Å². The highest BCUT2D eigenvalue weighted by molar-refractivity contribution is 8.00. The van der Waals surface area contributed by atoms with E-state index < -0.39 is 76.6 Å². The number of alkyl halides is 11. The van der Waals surface area contributed by atoms with Gasteiger partial charge in [0, 0.05) is 12.1 Å². The molecule has 1 N–H and O–H groups in total. The molecule has 0 spiro atoms. The van der Waals surface area contributed by atoms with Gasteiger partial charge in [0.05, 0.1) is 17.1 Å². The Bertz CT molecular complexity index is 1280. The number of halogens is 11. The molecule has 0 bridgehead atoms. The van der Waals surface area contributed by atoms with Crippen molar-refractivity contribution in [2.75, 3.05) is 11.4 Å². The Kier molecular flexibility index (Phi) is 9.19. The molecule has 3 rings (SSSR count). The third kappa shape index (κ3) is 7.93. The quantitative estimate of drug-likeness (QED) is 0.196. The molecule has 0 aliphatic rings. The van der Waals surface area contributed by atoms with Gasteiger partial charge >= 0.3 is 23.8 Å². The summed E-state index contributed by atoms with van der Waals surface area (Å²) in [6, 6.07) is 13.0. The highest BCUT2D eigenvalue weighted by atomic mass is 32.2. The molecule has 0 fully saturated rings. The lowest BCUT2D eigenvalue weighted by Gasteiger charge is -2.31. The first-order chi connectivity index (χ1) is 18.4. The number of rotatable bonds is 9. The van der Waals surface area contributed by atoms with Crippen LogP contribution in [0.5, 0.6) is 11.5 Å². The molecule has 0 saturated carbocycles. The largest absolute Gasteiger partial charge is 0.458 e. The van der Waals surface area contributed by atoms with Crippen molar-refractivity contribution in [2.45, 2.75) is 41.3 Å². The van der Waals surface area contributed by atoms with Crippen LogP contribution in [0.25, 0.3) is 0 Å². The number of aliphatic hydroxyl groups excluding tert-OH is 1. The zero-order valence-electron chi connectivity index (χ0n) is 19.8. The number of thioether (sulfide) groups is 1. The summed E-state index contributed by atoms with van der Waals surface area (Å²) in [5, 5.41) is 9.76. The summed E-state index contributed by atoms with van der Waals surface area (Å²) >= 11 is -0.643. The maximum Gasteiger partial charge on any atom is 0.458 e. The Labute approximate surface area is 224 Å². The number of anilines is 1. The van der Waals surface area contributed by atoms with Crippen LogP contribution in [0.1, 0.15) is 11.1 Å². The zero-order valence-corrected chi connectivity index (χ0v) is 20.6. The van der Waals surface area contributed by atoms with Gasteiger partial charge in [0.1, 0.15) is 5.75 Å². The average Bonchev–Trinajstić information content (AvgIpc) is 2.83. The van der Waals surface area contributed by atoms with Crippen molar-refractivity contribution in [2.24, 2.45) is 0 Å². The predicted molar refractivity (Wildman–Crippen MR) is 124 cm³/mol. The van der Waals surface area contributed by atoms with E-state index in [2.05, 4.69) is 0 Å². The summed E-state index contributed by atoms with van der Waals surface area (Å²) in [4.78, 5) is 0.0968. The lowest BCUT2D eigenvalue weighted by Crippen LogP contribution is -2.41. The highest BCUT2D eigenvalue weighted by Gasteiger charge is 2.58. The molecule has 218 valence electrons. The number of para-hydroxylation sites is 2. The zero-order chi connectivity index (χ0) is 29.9. The van der Waals surface area contributed by atoms with Crippen molar-refractivity contribution in [3.8, 4) is 11.5 Å². The molecule has 1 atom stereocenters. The number of nitrogens with zero attached hydrogens (tertiary/aromatic N) is 1. The molecule has 3 aromatic rings. The number of ether oxygens (including phenoxy) is 1. The molecule has 3 aromatic carbocycles. The number of hydrogen-bond donors (Lipinski definition) is 1. The van der Waals surface area contributed by atoms with Crippen LogP contribution < -0.4 is 9.64 Å². The standard InChI is InChI=1S/C25H18F11NO2S/c26-22(27,24(31,32)33)16-7-4-6-15(12-16)13-37(14-20(38)23(28,29)30)18-10-5-11-19(40-25(34,35)36)21(18)39-17-8-2-1-3-9-17/h1-12,20,38H,13-14H2. The predicted octanol–water partition coefficient (Wildman–Crippen LogP) is 8.67. The van der Waals surface area contributed by atoms with Crippen LogP contribution in [0.4, 0.5) is 54.0 Å². The van der Waals surface area contributed by atoms with E-state index in [9.17, 15) is 53.4 Å². The SMILES string of the molecule is OC(CN(Cc1cccc(C(F)(F)C(F)(F)F)c1)c1cccc(SC(F)(F)F)c1Oc1ccccc1)C(F)(F)F. The first kappa shape index (κ1) is 31.3. The van der Waals surface area contributed by atoms with Gasteiger partial charge in [-0.2, -0.15) is 48.3 Å². The molecular formula is C25H18F11NO2S. The fourth-order valence-electron chi connectivity index (χ4n) is 3.48. The third-order valence-corrected chi connectivity index (χ3v) is 6.05. The van der Waals surface area contributed by atoms with Gasteiger partial charge in [-0.15, -0.1) is 0 Å². The van der Waals surface area contributed by atoms with E-state index in [-0.39, 0.29) is 11.3 Å². The van der Waals surface area contributed by atoms with Gasteiger partial charge in [-0.25, -0.2) is 0 Å². The Hall–Kier alpha value is -3.20. The molecule has 0 saturated heterocycles. The lowest BCUT2D eigenvalue weighted by molar-refractivity contribution is -0.289. The molecular weight excluding hydrogens is 587 g/mol. The minimum Gasteiger partial charge on any atom is -0.454 e. The summed E-state index contributed by atoms with van der Waals surface area (Å²) in [5.74, 6) is -5.89. The van der Waals surface area contributed by atoms with Crippen molar-refractivity contribution in [3.63, 3.8) is 0 Å². The van der Waals surface area contributed by atoms with Crippen LogP contribution >= 0.6 is 11.8 Å². The van der Waals surface area contributed by atoms with Crippen molar-refractivity contribution < 1.29 is 58.1 Å². The van der Waals surface area contributed by atoms with E-state index in [4.69, 9.17) is 4.74 Å². The van der Waals surface area contributed by atoms with Gasteiger partial charge in [0.2, 0.25) is 0 Å². The van der Waals surface area contributed by atoms with E-state index in [1.165, 1.54) is 24.3 Å². The van der Waals surface area contributed by atoms with Crippen LogP contribution in [0.15, 0.2) is 77.7 Å². The third-order valence-electron chi connectivity index (χ3n) is 5.28. The molecule has 15 heteroatoms. The highest BCUT2D eigenvalue weighted by Crippen LogP contribution is 2.48. The Morgan fingerprint density at radius 3 is 1.98 bits per heavy atom. The average molecular weight is 605 g/mol. The summed E-state index contributed by atoms with van der Waals surface area (Å²) < 4.78 is 152. The lowest BCUT2D eigenvalue weighted by atomic mass is 10.0. The van der Waals surface area contributed by atoms with Crippen molar-refractivity contribution in [3.05, 3.63) is 83.9 Å². The Balaban J connectivity index is 2.14. The summed E-state index contributed by atoms with van der Waals surface area (Å²) in [5.41, 5.74) is -7.14. The van der Waals surface area contributed by atoms with Gasteiger partial charge in [-0.05, 0) is 47.7 Å². The van der Waals surface area contributed by atoms with Gasteiger partial charge < -0.3 is 14.7 Å². The van der Waals surface area contributed by atoms with E-state index >= 15 is 0 Å². The minimum absolute atomic E-state index is 0.0119. The van der Waals surface area contributed by atoms with Crippen LogP contribution in [0.3, 0.4) is 0 Å². The maximum atomic E-state index is 13.9. The fraction of sp³-hybridized carbons (Fsp3) is 0.280. The van der Waals surface area contributed by atoms with Crippen molar-refractivity contribution in [1.82, 2.24) is 0 Å². The Morgan fingerprint density at radius 2 is 1.40 bits per heavy atom. The second-order valence-corrected chi connectivity index (χ2v) is 9.38. The molecule has 0 aliphatic carbocycles. The monoisotopic (exact) mass is 605 g/mol. The molecule has 0 amide bonds. The molecule has 0 aliphatic heterocycles. The first-order valence-corrected chi connectivity index (χ1v) is 11.9. The molecule has 3 nitrogen and oxygen atoms in total. The van der Waals surface area contributed by atoms with Gasteiger partial charge in [-0.1, -0.05) is 42.5 Å². The van der Waals surface area contributed by atoms with Gasteiger partial charge in [0.15, 0.2) is 11.9 Å². The fourth-order valence-corrected chi connectivity index (χ4v) is 4.11. The number of aliphatic hydroxyl groups is 1. The molecule has 0 radical (unpaired) electrons.